The second-order valence-electron chi connectivity index (χ2n) is 3.80. The highest BCUT2D eigenvalue weighted by Crippen LogP contribution is 2.10. The molecule has 1 aromatic rings. The maximum absolute atomic E-state index is 11.4. The Labute approximate surface area is 104 Å². The lowest BCUT2D eigenvalue weighted by atomic mass is 10.1. The molecule has 0 fully saturated rings. The van der Waals surface area contributed by atoms with Crippen molar-refractivity contribution in [3.63, 3.8) is 0 Å². The summed E-state index contributed by atoms with van der Waals surface area (Å²) < 4.78 is 0. The number of carboxylic acid groups (broad SMARTS) is 1. The Balaban J connectivity index is 2.67. The number of hydrogen-bond donors (Lipinski definition) is 3. The molecule has 1 unspecified atom stereocenters. The van der Waals surface area contributed by atoms with Gasteiger partial charge in [0.15, 0.2) is 5.78 Å². The first-order valence-corrected chi connectivity index (χ1v) is 5.31. The fraction of sp³-hybridized carbons (Fsp3) is 0.250. The van der Waals surface area contributed by atoms with Gasteiger partial charge in [-0.1, -0.05) is 12.1 Å². The molecule has 0 saturated heterocycles. The molecule has 0 bridgehead atoms. The zero-order valence-corrected chi connectivity index (χ0v) is 10.1. The van der Waals surface area contributed by atoms with Crippen LogP contribution in [0.2, 0.25) is 0 Å². The van der Waals surface area contributed by atoms with Crippen molar-refractivity contribution in [2.75, 3.05) is 5.32 Å². The van der Waals surface area contributed by atoms with Crippen molar-refractivity contribution in [3.05, 3.63) is 29.8 Å². The molecule has 0 saturated carbocycles. The summed E-state index contributed by atoms with van der Waals surface area (Å²) in [5, 5.41) is 13.3. The summed E-state index contributed by atoms with van der Waals surface area (Å²) >= 11 is 0. The van der Waals surface area contributed by atoms with E-state index < -0.39 is 18.0 Å². The van der Waals surface area contributed by atoms with Crippen LogP contribution in [0.25, 0.3) is 0 Å². The number of aliphatic carboxylic acids is 1. The van der Waals surface area contributed by atoms with E-state index in [-0.39, 0.29) is 5.78 Å². The van der Waals surface area contributed by atoms with Crippen LogP contribution in [0.15, 0.2) is 24.3 Å². The minimum atomic E-state index is -1.12. The average molecular weight is 250 g/mol. The summed E-state index contributed by atoms with van der Waals surface area (Å²) in [6, 6.07) is 4.77. The highest BCUT2D eigenvalue weighted by atomic mass is 16.4. The first kappa shape index (κ1) is 13.7. The lowest BCUT2D eigenvalue weighted by molar-refractivity contribution is -0.138. The van der Waals surface area contributed by atoms with Gasteiger partial charge in [-0.3, -0.25) is 9.59 Å². The van der Waals surface area contributed by atoms with Gasteiger partial charge in [0.05, 0.1) is 0 Å². The Kier molecular flexibility index (Phi) is 4.42. The first-order chi connectivity index (χ1) is 8.40. The Hall–Kier alpha value is -2.37. The van der Waals surface area contributed by atoms with Crippen LogP contribution in [0.1, 0.15) is 24.2 Å². The van der Waals surface area contributed by atoms with E-state index in [0.717, 1.165) is 0 Å². The number of urea groups is 1. The standard InChI is InChI=1S/C12H14N2O4/c1-7(11(16)17)13-12(18)14-10-5-3-4-9(6-10)8(2)15/h3-7H,1-2H3,(H,16,17)(H2,13,14,18). The summed E-state index contributed by atoms with van der Waals surface area (Å²) in [5.74, 6) is -1.24. The summed E-state index contributed by atoms with van der Waals surface area (Å²) in [7, 11) is 0. The number of rotatable bonds is 4. The van der Waals surface area contributed by atoms with E-state index in [2.05, 4.69) is 10.6 Å². The van der Waals surface area contributed by atoms with Gasteiger partial charge in [-0.15, -0.1) is 0 Å². The summed E-state index contributed by atoms with van der Waals surface area (Å²) in [4.78, 5) is 33.1. The zero-order chi connectivity index (χ0) is 13.7. The lowest BCUT2D eigenvalue weighted by Crippen LogP contribution is -2.40. The van der Waals surface area contributed by atoms with Gasteiger partial charge in [0.25, 0.3) is 0 Å². The molecule has 1 rings (SSSR count). The quantitative estimate of drug-likeness (QED) is 0.705. The van der Waals surface area contributed by atoms with Gasteiger partial charge in [0.2, 0.25) is 0 Å². The summed E-state index contributed by atoms with van der Waals surface area (Å²) in [6.07, 6.45) is 0. The Morgan fingerprint density at radius 1 is 1.28 bits per heavy atom. The number of amides is 2. The molecule has 3 N–H and O–H groups in total. The molecule has 2 amide bonds. The number of carbonyl (C=O) groups excluding carboxylic acids is 2. The fourth-order valence-corrected chi connectivity index (χ4v) is 1.24. The second-order valence-corrected chi connectivity index (χ2v) is 3.80. The third-order valence-corrected chi connectivity index (χ3v) is 2.24. The number of benzene rings is 1. The smallest absolute Gasteiger partial charge is 0.325 e. The van der Waals surface area contributed by atoms with Gasteiger partial charge in [0, 0.05) is 11.3 Å². The molecule has 1 atom stereocenters. The molecule has 0 radical (unpaired) electrons. The van der Waals surface area contributed by atoms with E-state index >= 15 is 0 Å². The van der Waals surface area contributed by atoms with Crippen LogP contribution in [0.5, 0.6) is 0 Å². The highest BCUT2D eigenvalue weighted by molar-refractivity contribution is 5.97. The van der Waals surface area contributed by atoms with Crippen molar-refractivity contribution in [2.45, 2.75) is 19.9 Å². The van der Waals surface area contributed by atoms with Crippen LogP contribution >= 0.6 is 0 Å². The van der Waals surface area contributed by atoms with Crippen LogP contribution in [0.4, 0.5) is 10.5 Å². The number of carboxylic acids is 1. The number of anilines is 1. The highest BCUT2D eigenvalue weighted by Gasteiger charge is 2.13. The van der Waals surface area contributed by atoms with Gasteiger partial charge in [-0.2, -0.15) is 0 Å². The van der Waals surface area contributed by atoms with Gasteiger partial charge >= 0.3 is 12.0 Å². The monoisotopic (exact) mass is 250 g/mol. The zero-order valence-electron chi connectivity index (χ0n) is 10.1. The minimum Gasteiger partial charge on any atom is -0.480 e. The van der Waals surface area contributed by atoms with Crippen molar-refractivity contribution in [1.29, 1.82) is 0 Å². The Morgan fingerprint density at radius 2 is 1.94 bits per heavy atom. The molecule has 0 aliphatic heterocycles. The molecule has 0 heterocycles. The van der Waals surface area contributed by atoms with Crippen molar-refractivity contribution in [1.82, 2.24) is 5.32 Å². The minimum absolute atomic E-state index is 0.113. The molecule has 96 valence electrons. The van der Waals surface area contributed by atoms with E-state index in [0.29, 0.717) is 11.3 Å². The van der Waals surface area contributed by atoms with Crippen molar-refractivity contribution in [3.8, 4) is 0 Å². The van der Waals surface area contributed by atoms with Crippen LogP contribution in [-0.2, 0) is 4.79 Å². The van der Waals surface area contributed by atoms with Gasteiger partial charge in [-0.05, 0) is 26.0 Å². The fourth-order valence-electron chi connectivity index (χ4n) is 1.24. The third kappa shape index (κ3) is 3.89. The van der Waals surface area contributed by atoms with Crippen LogP contribution < -0.4 is 10.6 Å². The maximum Gasteiger partial charge on any atom is 0.325 e. The van der Waals surface area contributed by atoms with Crippen LogP contribution in [0, 0.1) is 0 Å². The molecule has 0 aromatic heterocycles. The number of hydrogen-bond acceptors (Lipinski definition) is 3. The average Bonchev–Trinajstić information content (AvgIpc) is 2.28. The van der Waals surface area contributed by atoms with Crippen molar-refractivity contribution >= 4 is 23.5 Å². The molecule has 0 aliphatic rings. The Bertz CT molecular complexity index is 485. The SMILES string of the molecule is CC(=O)c1cccc(NC(=O)NC(C)C(=O)O)c1. The van der Waals surface area contributed by atoms with Crippen LogP contribution in [0.3, 0.4) is 0 Å². The number of Topliss-reactive ketones (excluding diaryl/α,β-unsaturated/α-hetero) is 1. The largest absolute Gasteiger partial charge is 0.480 e. The van der Waals surface area contributed by atoms with Crippen molar-refractivity contribution in [2.24, 2.45) is 0 Å². The molecule has 1 aromatic carbocycles. The maximum atomic E-state index is 11.4. The van der Waals surface area contributed by atoms with Gasteiger partial charge in [0.1, 0.15) is 6.04 Å². The first-order valence-electron chi connectivity index (χ1n) is 5.31. The molecule has 0 aliphatic carbocycles. The molecule has 18 heavy (non-hydrogen) atoms. The third-order valence-electron chi connectivity index (χ3n) is 2.24. The predicted molar refractivity (Wildman–Crippen MR) is 65.7 cm³/mol. The molecule has 6 nitrogen and oxygen atoms in total. The number of ketones is 1. The summed E-state index contributed by atoms with van der Waals surface area (Å²) in [6.45, 7) is 2.78. The van der Waals surface area contributed by atoms with Crippen LogP contribution in [-0.4, -0.2) is 28.9 Å². The summed E-state index contributed by atoms with van der Waals surface area (Å²) in [5.41, 5.74) is 0.900. The predicted octanol–water partition coefficient (Wildman–Crippen LogP) is 1.48. The van der Waals surface area contributed by atoms with E-state index in [9.17, 15) is 14.4 Å². The second kappa shape index (κ2) is 5.81. The topological polar surface area (TPSA) is 95.5 Å². The molecular weight excluding hydrogens is 236 g/mol. The van der Waals surface area contributed by atoms with E-state index in [1.165, 1.54) is 19.9 Å². The normalized spacial score (nSPS) is 11.4. The van der Waals surface area contributed by atoms with Gasteiger partial charge in [-0.25, -0.2) is 4.79 Å². The molecular formula is C12H14N2O4. The number of carbonyl (C=O) groups is 3. The van der Waals surface area contributed by atoms with Crippen molar-refractivity contribution < 1.29 is 19.5 Å². The van der Waals surface area contributed by atoms with E-state index in [4.69, 9.17) is 5.11 Å². The Morgan fingerprint density at radius 3 is 2.50 bits per heavy atom. The molecule has 0 spiro atoms. The van der Waals surface area contributed by atoms with E-state index in [1.54, 1.807) is 18.2 Å². The molecule has 6 heteroatoms. The number of nitrogens with one attached hydrogen (secondary N) is 2. The lowest BCUT2D eigenvalue weighted by Gasteiger charge is -2.11. The van der Waals surface area contributed by atoms with E-state index in [1.807, 2.05) is 0 Å². The van der Waals surface area contributed by atoms with Gasteiger partial charge < -0.3 is 15.7 Å².